The van der Waals surface area contributed by atoms with Crippen LogP contribution in [-0.2, 0) is 26.5 Å². The van der Waals surface area contributed by atoms with Crippen LogP contribution in [0.3, 0.4) is 0 Å². The zero-order chi connectivity index (χ0) is 39.0. The van der Waals surface area contributed by atoms with Crippen molar-refractivity contribution in [1.82, 2.24) is 14.5 Å². The molecule has 0 fully saturated rings. The fraction of sp³-hybridized carbons (Fsp3) is 0.176. The van der Waals surface area contributed by atoms with Crippen LogP contribution in [0.2, 0.25) is 19.6 Å². The van der Waals surface area contributed by atoms with Crippen LogP contribution < -0.4 is 5.19 Å². The summed E-state index contributed by atoms with van der Waals surface area (Å²) in [5.74, 6) is 1.60. The molecule has 6 aromatic carbocycles. The Labute approximate surface area is 355 Å². The van der Waals surface area contributed by atoms with Gasteiger partial charge in [0.15, 0.2) is 0 Å². The van der Waals surface area contributed by atoms with E-state index in [1.54, 1.807) is 11.3 Å². The number of pyridine rings is 1. The van der Waals surface area contributed by atoms with Crippen LogP contribution in [0.15, 0.2) is 140 Å². The summed E-state index contributed by atoms with van der Waals surface area (Å²) in [5, 5.41) is 8.74. The van der Waals surface area contributed by atoms with Gasteiger partial charge >= 0.3 is 0 Å². The number of aryl methyl sites for hydroxylation is 2. The zero-order valence-corrected chi connectivity index (χ0v) is 37.9. The van der Waals surface area contributed by atoms with Gasteiger partial charge in [0.2, 0.25) is 0 Å². The van der Waals surface area contributed by atoms with E-state index in [2.05, 4.69) is 190 Å². The molecule has 0 N–H and O–H groups in total. The maximum Gasteiger partial charge on any atom is 0.0798 e. The summed E-state index contributed by atoms with van der Waals surface area (Å²) in [6, 6.07) is 50.4. The number of thiophene rings is 1. The van der Waals surface area contributed by atoms with Crippen molar-refractivity contribution in [3.05, 3.63) is 168 Å². The molecule has 3 aromatic heterocycles. The van der Waals surface area contributed by atoms with Crippen molar-refractivity contribution in [1.29, 1.82) is 0 Å². The number of nitrogens with zero attached hydrogens (tertiary/aromatic N) is 3. The fourth-order valence-electron chi connectivity index (χ4n) is 7.82. The van der Waals surface area contributed by atoms with E-state index in [-0.39, 0.29) is 20.1 Å². The molecule has 0 bridgehead atoms. The third kappa shape index (κ3) is 8.37. The van der Waals surface area contributed by atoms with Crippen molar-refractivity contribution in [3.8, 4) is 39.5 Å². The molecule has 3 heterocycles. The number of fused-ring (bicyclic) bond motifs is 3. The van der Waals surface area contributed by atoms with Crippen LogP contribution in [-0.4, -0.2) is 22.6 Å². The normalized spacial score (nSPS) is 11.5. The molecule has 0 unspecified atom stereocenters. The summed E-state index contributed by atoms with van der Waals surface area (Å²) >= 11 is 1.67. The van der Waals surface area contributed by atoms with E-state index in [1.165, 1.54) is 53.9 Å². The van der Waals surface area contributed by atoms with Gasteiger partial charge in [0.05, 0.1) is 24.9 Å². The Morgan fingerprint density at radius 1 is 0.754 bits per heavy atom. The average molecular weight is 954 g/mol. The van der Waals surface area contributed by atoms with Crippen molar-refractivity contribution in [2.45, 2.75) is 53.8 Å². The summed E-state index contributed by atoms with van der Waals surface area (Å²) < 4.78 is 3.50. The Balaban J connectivity index is 0.000000202. The van der Waals surface area contributed by atoms with Crippen LogP contribution in [0, 0.1) is 31.2 Å². The molecule has 0 aliphatic rings. The van der Waals surface area contributed by atoms with Crippen LogP contribution in [0.1, 0.15) is 30.5 Å². The van der Waals surface area contributed by atoms with Crippen LogP contribution >= 0.6 is 11.3 Å². The standard InChI is InChI=1S/C33H23N2S.C18H24NSi.Ir/c1-21-8-7-9-22(2)32(21)25-15-17-27-28(20-36-31(27)19-25)33-34-29-12-5-6-13-30(29)35(33)26-16-14-23-10-3-4-11-24(23)18-26;1-14(2)11-16-12-17(15-9-7-6-8-10-15)19-13-18(16)20(3,4)5;/h3-19H,1-2H3;6-9,12-14H,11H2,1-5H3;/q2*-1;. The molecule has 1 radical (unpaired) electrons. The van der Waals surface area contributed by atoms with E-state index in [0.717, 1.165) is 45.8 Å². The first kappa shape index (κ1) is 40.2. The monoisotopic (exact) mass is 954 g/mol. The van der Waals surface area contributed by atoms with Gasteiger partial charge in [0, 0.05) is 32.0 Å². The Hall–Kier alpha value is -4.97. The fourth-order valence-corrected chi connectivity index (χ4v) is 10.3. The molecule has 9 rings (SSSR count). The summed E-state index contributed by atoms with van der Waals surface area (Å²) in [7, 11) is -1.34. The van der Waals surface area contributed by atoms with Gasteiger partial charge in [-0.15, -0.1) is 47.3 Å². The summed E-state index contributed by atoms with van der Waals surface area (Å²) in [5.41, 5.74) is 13.0. The number of hydrogen-bond donors (Lipinski definition) is 0. The number of imidazole rings is 1. The second-order valence-corrected chi connectivity index (χ2v) is 22.1. The van der Waals surface area contributed by atoms with Crippen LogP contribution in [0.25, 0.3) is 71.4 Å². The predicted octanol–water partition coefficient (Wildman–Crippen LogP) is 13.4. The Morgan fingerprint density at radius 3 is 2.23 bits per heavy atom. The van der Waals surface area contributed by atoms with Gasteiger partial charge in [0.25, 0.3) is 0 Å². The molecule has 287 valence electrons. The first-order valence-electron chi connectivity index (χ1n) is 19.5. The van der Waals surface area contributed by atoms with E-state index in [1.807, 2.05) is 18.2 Å². The molecule has 0 spiro atoms. The van der Waals surface area contributed by atoms with Gasteiger partial charge in [-0.05, 0) is 94.4 Å². The SMILES string of the molecule is CC(C)Cc1cc(-c2[c-]cccc2)ncc1[Si](C)(C)C.Cc1cccc(C)c1-c1ccc2c(-c3nc4ccccc4n3-c3ccc4ccccc4c3)[c-]sc2c1.[Ir]. The second kappa shape index (κ2) is 16.9. The molecule has 0 saturated heterocycles. The number of benzene rings is 6. The van der Waals surface area contributed by atoms with Gasteiger partial charge in [0.1, 0.15) is 0 Å². The summed E-state index contributed by atoms with van der Waals surface area (Å²) in [6.45, 7) is 16.1. The van der Waals surface area contributed by atoms with Crippen molar-refractivity contribution in [3.63, 3.8) is 0 Å². The molecule has 0 aliphatic heterocycles. The molecular weight excluding hydrogens is 907 g/mol. The molecule has 3 nitrogen and oxygen atoms in total. The number of aromatic nitrogens is 3. The first-order chi connectivity index (χ1) is 27.0. The second-order valence-electron chi connectivity index (χ2n) is 16.2. The van der Waals surface area contributed by atoms with Crippen LogP contribution in [0.5, 0.6) is 0 Å². The minimum atomic E-state index is -1.34. The Bertz CT molecular complexity index is 2810. The predicted molar refractivity (Wildman–Crippen MR) is 243 cm³/mol. The third-order valence-corrected chi connectivity index (χ3v) is 13.4. The van der Waals surface area contributed by atoms with Gasteiger partial charge in [-0.2, -0.15) is 0 Å². The van der Waals surface area contributed by atoms with E-state index in [4.69, 9.17) is 4.98 Å². The largest absolute Gasteiger partial charge is 0.333 e. The van der Waals surface area contributed by atoms with Crippen molar-refractivity contribution in [2.75, 3.05) is 0 Å². The van der Waals surface area contributed by atoms with Crippen molar-refractivity contribution in [2.24, 2.45) is 5.92 Å². The Morgan fingerprint density at radius 2 is 1.49 bits per heavy atom. The molecule has 0 aliphatic carbocycles. The minimum absolute atomic E-state index is 0. The molecular formula is C51H47IrN3SSi-2. The summed E-state index contributed by atoms with van der Waals surface area (Å²) in [4.78, 5) is 9.80. The number of hydrogen-bond acceptors (Lipinski definition) is 3. The maximum atomic E-state index is 5.11. The zero-order valence-electron chi connectivity index (χ0n) is 33.6. The van der Waals surface area contributed by atoms with Gasteiger partial charge in [-0.3, -0.25) is 16.3 Å². The Kier molecular flexibility index (Phi) is 11.9. The van der Waals surface area contributed by atoms with Gasteiger partial charge in [-0.1, -0.05) is 134 Å². The molecule has 0 atom stereocenters. The first-order valence-corrected chi connectivity index (χ1v) is 23.8. The van der Waals surface area contributed by atoms with Crippen LogP contribution in [0.4, 0.5) is 0 Å². The van der Waals surface area contributed by atoms with Gasteiger partial charge in [-0.25, -0.2) is 0 Å². The number of para-hydroxylation sites is 2. The third-order valence-electron chi connectivity index (χ3n) is 10.5. The van der Waals surface area contributed by atoms with E-state index >= 15 is 0 Å². The molecule has 0 saturated carbocycles. The van der Waals surface area contributed by atoms with E-state index in [9.17, 15) is 0 Å². The number of rotatable bonds is 7. The summed E-state index contributed by atoms with van der Waals surface area (Å²) in [6.07, 6.45) is 3.24. The average Bonchev–Trinajstić information content (AvgIpc) is 3.79. The van der Waals surface area contributed by atoms with Crippen molar-refractivity contribution >= 4 is 56.5 Å². The van der Waals surface area contributed by atoms with E-state index in [0.29, 0.717) is 5.92 Å². The van der Waals surface area contributed by atoms with Gasteiger partial charge < -0.3 is 9.55 Å². The smallest absolute Gasteiger partial charge is 0.0798 e. The minimum Gasteiger partial charge on any atom is -0.333 e. The van der Waals surface area contributed by atoms with Crippen molar-refractivity contribution < 1.29 is 20.1 Å². The topological polar surface area (TPSA) is 30.7 Å². The molecule has 57 heavy (non-hydrogen) atoms. The van der Waals surface area contributed by atoms with E-state index < -0.39 is 8.07 Å². The maximum absolute atomic E-state index is 5.11. The molecule has 6 heteroatoms. The molecule has 9 aromatic rings. The quantitative estimate of drug-likeness (QED) is 0.118. The molecule has 0 amide bonds.